The number of carbonyl (C=O) groups is 1. The maximum absolute atomic E-state index is 12.3. The third kappa shape index (κ3) is 4.64. The lowest BCUT2D eigenvalue weighted by atomic mass is 10.1. The molecular formula is C20H19N7O2. The van der Waals surface area contributed by atoms with Gasteiger partial charge in [-0.05, 0) is 45.8 Å². The van der Waals surface area contributed by atoms with Crippen LogP contribution in [0.15, 0.2) is 67.3 Å². The molecule has 0 spiro atoms. The van der Waals surface area contributed by atoms with Gasteiger partial charge in [-0.25, -0.2) is 4.68 Å². The lowest BCUT2D eigenvalue weighted by molar-refractivity contribution is -0.115. The number of carbonyl (C=O) groups excluding carboxylic acids is 1. The van der Waals surface area contributed by atoms with Gasteiger partial charge in [0, 0.05) is 6.20 Å². The van der Waals surface area contributed by atoms with Crippen LogP contribution in [0.2, 0.25) is 0 Å². The Bertz CT molecular complexity index is 1090. The van der Waals surface area contributed by atoms with Crippen LogP contribution in [-0.2, 0) is 17.8 Å². The van der Waals surface area contributed by atoms with Crippen molar-refractivity contribution in [1.82, 2.24) is 30.0 Å². The Kier molecular flexibility index (Phi) is 5.28. The summed E-state index contributed by atoms with van der Waals surface area (Å²) in [7, 11) is 1.64. The van der Waals surface area contributed by atoms with Gasteiger partial charge < -0.3 is 10.1 Å². The highest BCUT2D eigenvalue weighted by atomic mass is 16.5. The van der Waals surface area contributed by atoms with Crippen LogP contribution in [0.4, 0.5) is 5.69 Å². The molecule has 1 amide bonds. The van der Waals surface area contributed by atoms with Crippen LogP contribution in [0.5, 0.6) is 5.75 Å². The molecule has 146 valence electrons. The van der Waals surface area contributed by atoms with Crippen molar-refractivity contribution in [1.29, 1.82) is 0 Å². The number of hydrogen-bond donors (Lipinski definition) is 1. The Labute approximate surface area is 166 Å². The van der Waals surface area contributed by atoms with E-state index in [0.29, 0.717) is 12.2 Å². The van der Waals surface area contributed by atoms with E-state index >= 15 is 0 Å². The third-order valence-corrected chi connectivity index (χ3v) is 4.31. The molecule has 4 aromatic rings. The molecule has 0 aliphatic heterocycles. The first-order chi connectivity index (χ1) is 14.2. The fourth-order valence-electron chi connectivity index (χ4n) is 2.91. The standard InChI is InChI=1S/C20H19N7O2/c1-29-19-4-2-3-16(9-19)12-26-13-17(11-22-26)23-20(28)10-15-5-7-18(8-6-15)27-14-21-24-25-27/h2-9,11,13-14H,10,12H2,1H3,(H,23,28). The molecule has 2 aromatic heterocycles. The van der Waals surface area contributed by atoms with E-state index in [1.54, 1.807) is 28.9 Å². The number of amides is 1. The van der Waals surface area contributed by atoms with Gasteiger partial charge in [0.15, 0.2) is 0 Å². The van der Waals surface area contributed by atoms with E-state index < -0.39 is 0 Å². The highest BCUT2D eigenvalue weighted by molar-refractivity contribution is 5.92. The minimum Gasteiger partial charge on any atom is -0.497 e. The smallest absolute Gasteiger partial charge is 0.228 e. The summed E-state index contributed by atoms with van der Waals surface area (Å²) in [6.07, 6.45) is 5.22. The highest BCUT2D eigenvalue weighted by Crippen LogP contribution is 2.15. The largest absolute Gasteiger partial charge is 0.497 e. The van der Waals surface area contributed by atoms with Crippen molar-refractivity contribution in [3.63, 3.8) is 0 Å². The monoisotopic (exact) mass is 389 g/mol. The first kappa shape index (κ1) is 18.4. The van der Waals surface area contributed by atoms with E-state index in [1.807, 2.05) is 48.5 Å². The second kappa shape index (κ2) is 8.34. The number of hydrogen-bond acceptors (Lipinski definition) is 6. The highest BCUT2D eigenvalue weighted by Gasteiger charge is 2.07. The summed E-state index contributed by atoms with van der Waals surface area (Å²) in [5.41, 5.74) is 3.44. The van der Waals surface area contributed by atoms with Crippen molar-refractivity contribution >= 4 is 11.6 Å². The maximum atomic E-state index is 12.3. The van der Waals surface area contributed by atoms with Crippen molar-refractivity contribution < 1.29 is 9.53 Å². The molecule has 0 aliphatic rings. The summed E-state index contributed by atoms with van der Waals surface area (Å²) >= 11 is 0. The fraction of sp³-hybridized carbons (Fsp3) is 0.150. The molecule has 9 nitrogen and oxygen atoms in total. The number of rotatable bonds is 7. The number of benzene rings is 2. The number of ether oxygens (including phenoxy) is 1. The average Bonchev–Trinajstić information content (AvgIpc) is 3.41. The van der Waals surface area contributed by atoms with Gasteiger partial charge in [0.1, 0.15) is 12.1 Å². The molecule has 0 aliphatic carbocycles. The van der Waals surface area contributed by atoms with Gasteiger partial charge in [0.05, 0.1) is 37.6 Å². The minimum absolute atomic E-state index is 0.110. The number of anilines is 1. The van der Waals surface area contributed by atoms with E-state index in [9.17, 15) is 4.79 Å². The molecule has 1 N–H and O–H groups in total. The van der Waals surface area contributed by atoms with E-state index in [1.165, 1.54) is 6.33 Å². The van der Waals surface area contributed by atoms with Crippen LogP contribution in [-0.4, -0.2) is 43.0 Å². The zero-order valence-corrected chi connectivity index (χ0v) is 15.8. The van der Waals surface area contributed by atoms with Crippen LogP contribution in [0.3, 0.4) is 0 Å². The summed E-state index contributed by atoms with van der Waals surface area (Å²) in [4.78, 5) is 12.3. The quantitative estimate of drug-likeness (QED) is 0.520. The molecule has 0 radical (unpaired) electrons. The molecule has 29 heavy (non-hydrogen) atoms. The normalized spacial score (nSPS) is 10.7. The summed E-state index contributed by atoms with van der Waals surface area (Å²) in [5, 5.41) is 18.2. The van der Waals surface area contributed by atoms with Crippen molar-refractivity contribution in [3.8, 4) is 11.4 Å². The van der Waals surface area contributed by atoms with E-state index in [4.69, 9.17) is 4.74 Å². The van der Waals surface area contributed by atoms with Crippen LogP contribution in [0.25, 0.3) is 5.69 Å². The third-order valence-electron chi connectivity index (χ3n) is 4.31. The van der Waals surface area contributed by atoms with E-state index in [0.717, 1.165) is 22.6 Å². The molecule has 2 aromatic carbocycles. The molecule has 0 bridgehead atoms. The van der Waals surface area contributed by atoms with Crippen molar-refractivity contribution in [3.05, 3.63) is 78.4 Å². The van der Waals surface area contributed by atoms with Crippen LogP contribution >= 0.6 is 0 Å². The lowest BCUT2D eigenvalue weighted by Gasteiger charge is -2.05. The zero-order valence-electron chi connectivity index (χ0n) is 15.8. The van der Waals surface area contributed by atoms with Crippen molar-refractivity contribution in [2.45, 2.75) is 13.0 Å². The summed E-state index contributed by atoms with van der Waals surface area (Å²) in [6.45, 7) is 0.589. The van der Waals surface area contributed by atoms with E-state index in [2.05, 4.69) is 25.9 Å². The molecular weight excluding hydrogens is 370 g/mol. The lowest BCUT2D eigenvalue weighted by Crippen LogP contribution is -2.14. The first-order valence-electron chi connectivity index (χ1n) is 8.97. The zero-order chi connectivity index (χ0) is 20.1. The number of nitrogens with zero attached hydrogens (tertiary/aromatic N) is 6. The second-order valence-electron chi connectivity index (χ2n) is 6.42. The average molecular weight is 389 g/mol. The molecule has 0 fully saturated rings. The molecule has 0 unspecified atom stereocenters. The Balaban J connectivity index is 1.34. The summed E-state index contributed by atoms with van der Waals surface area (Å²) in [6, 6.07) is 15.3. The van der Waals surface area contributed by atoms with Gasteiger partial charge in [0.2, 0.25) is 5.91 Å². The predicted molar refractivity (Wildman–Crippen MR) is 106 cm³/mol. The fourth-order valence-corrected chi connectivity index (χ4v) is 2.91. The van der Waals surface area contributed by atoms with Gasteiger partial charge in [-0.3, -0.25) is 9.48 Å². The Morgan fingerprint density at radius 3 is 2.76 bits per heavy atom. The minimum atomic E-state index is -0.110. The molecule has 0 saturated carbocycles. The van der Waals surface area contributed by atoms with Crippen molar-refractivity contribution in [2.75, 3.05) is 12.4 Å². The summed E-state index contributed by atoms with van der Waals surface area (Å²) in [5.74, 6) is 0.690. The Morgan fingerprint density at radius 2 is 2.00 bits per heavy atom. The van der Waals surface area contributed by atoms with Crippen molar-refractivity contribution in [2.24, 2.45) is 0 Å². The van der Waals surface area contributed by atoms with Gasteiger partial charge in [0.25, 0.3) is 0 Å². The maximum Gasteiger partial charge on any atom is 0.228 e. The van der Waals surface area contributed by atoms with Gasteiger partial charge in [-0.15, -0.1) is 5.10 Å². The molecule has 0 atom stereocenters. The topological polar surface area (TPSA) is 99.8 Å². The van der Waals surface area contributed by atoms with E-state index in [-0.39, 0.29) is 12.3 Å². The van der Waals surface area contributed by atoms with Gasteiger partial charge in [-0.1, -0.05) is 24.3 Å². The molecule has 0 saturated heterocycles. The Morgan fingerprint density at radius 1 is 1.14 bits per heavy atom. The van der Waals surface area contributed by atoms with Crippen LogP contribution in [0, 0.1) is 0 Å². The number of methoxy groups -OCH3 is 1. The predicted octanol–water partition coefficient (Wildman–Crippen LogP) is 2.10. The van der Waals surface area contributed by atoms with Crippen LogP contribution < -0.4 is 10.1 Å². The summed E-state index contributed by atoms with van der Waals surface area (Å²) < 4.78 is 8.56. The number of tetrazole rings is 1. The van der Waals surface area contributed by atoms with Gasteiger partial charge >= 0.3 is 0 Å². The number of nitrogens with one attached hydrogen (secondary N) is 1. The number of aromatic nitrogens is 6. The van der Waals surface area contributed by atoms with Gasteiger partial charge in [-0.2, -0.15) is 5.10 Å². The molecule has 9 heteroatoms. The van der Waals surface area contributed by atoms with Crippen LogP contribution in [0.1, 0.15) is 11.1 Å². The molecule has 4 rings (SSSR count). The Hall–Kier alpha value is -4.01. The second-order valence-corrected chi connectivity index (χ2v) is 6.42. The molecule has 2 heterocycles. The SMILES string of the molecule is COc1cccc(Cn2cc(NC(=O)Cc3ccc(-n4cnnn4)cc3)cn2)c1. The first-order valence-corrected chi connectivity index (χ1v) is 8.97.